The number of hydrogen-bond acceptors (Lipinski definition) is 1. The van der Waals surface area contributed by atoms with Gasteiger partial charge in [-0.2, -0.15) is 0 Å². The van der Waals surface area contributed by atoms with E-state index in [9.17, 15) is 0 Å². The van der Waals surface area contributed by atoms with Crippen molar-refractivity contribution in [1.82, 2.24) is 0 Å². The molecule has 0 aliphatic carbocycles. The lowest BCUT2D eigenvalue weighted by atomic mass is 10.1. The van der Waals surface area contributed by atoms with Crippen molar-refractivity contribution in [2.24, 2.45) is 5.92 Å². The Hall–Kier alpha value is -0.300. The highest BCUT2D eigenvalue weighted by Gasteiger charge is 1.92. The van der Waals surface area contributed by atoms with Crippen LogP contribution < -0.4 is 0 Å². The maximum Gasteiger partial charge on any atom is 0.0436 e. The lowest BCUT2D eigenvalue weighted by Gasteiger charge is -2.00. The van der Waals surface area contributed by atoms with Gasteiger partial charge in [0.05, 0.1) is 0 Å². The van der Waals surface area contributed by atoms with Gasteiger partial charge in [0.1, 0.15) is 0 Å². The standard InChI is InChI=1S/C8H16O/c1-3-4-5-8(2)6-7-9/h4-5,8-9H,3,6-7H2,1-2H3/b5-4+. The first-order valence-electron chi connectivity index (χ1n) is 3.58. The van der Waals surface area contributed by atoms with E-state index in [0.29, 0.717) is 12.5 Å². The van der Waals surface area contributed by atoms with Crippen LogP contribution in [0.1, 0.15) is 26.7 Å². The summed E-state index contributed by atoms with van der Waals surface area (Å²) < 4.78 is 0. The van der Waals surface area contributed by atoms with Gasteiger partial charge in [-0.3, -0.25) is 0 Å². The number of rotatable bonds is 4. The molecular formula is C8H16O. The van der Waals surface area contributed by atoms with Gasteiger partial charge in [-0.05, 0) is 18.8 Å². The molecule has 1 nitrogen and oxygen atoms in total. The summed E-state index contributed by atoms with van der Waals surface area (Å²) in [6.45, 7) is 4.53. The van der Waals surface area contributed by atoms with E-state index in [1.54, 1.807) is 0 Å². The van der Waals surface area contributed by atoms with E-state index in [0.717, 1.165) is 12.8 Å². The monoisotopic (exact) mass is 128 g/mol. The first-order valence-corrected chi connectivity index (χ1v) is 3.58. The summed E-state index contributed by atoms with van der Waals surface area (Å²) in [6.07, 6.45) is 6.27. The molecule has 1 atom stereocenters. The van der Waals surface area contributed by atoms with E-state index < -0.39 is 0 Å². The molecule has 0 spiro atoms. The largest absolute Gasteiger partial charge is 0.396 e. The van der Waals surface area contributed by atoms with Crippen LogP contribution in [0.15, 0.2) is 12.2 Å². The van der Waals surface area contributed by atoms with Crippen LogP contribution in [-0.4, -0.2) is 11.7 Å². The molecule has 1 N–H and O–H groups in total. The second-order valence-electron chi connectivity index (χ2n) is 2.33. The van der Waals surface area contributed by atoms with Gasteiger partial charge in [-0.25, -0.2) is 0 Å². The Morgan fingerprint density at radius 3 is 2.67 bits per heavy atom. The molecule has 0 aromatic carbocycles. The van der Waals surface area contributed by atoms with Gasteiger partial charge >= 0.3 is 0 Å². The maximum absolute atomic E-state index is 8.50. The summed E-state index contributed by atoms with van der Waals surface area (Å²) in [5.41, 5.74) is 0. The van der Waals surface area contributed by atoms with Crippen LogP contribution in [-0.2, 0) is 0 Å². The zero-order valence-corrected chi connectivity index (χ0v) is 6.30. The minimum atomic E-state index is 0.301. The predicted molar refractivity (Wildman–Crippen MR) is 40.3 cm³/mol. The van der Waals surface area contributed by atoms with Crippen molar-refractivity contribution < 1.29 is 5.11 Å². The third-order valence-electron chi connectivity index (χ3n) is 1.28. The fourth-order valence-corrected chi connectivity index (χ4v) is 0.668. The summed E-state index contributed by atoms with van der Waals surface area (Å²) in [5.74, 6) is 0.537. The molecular weight excluding hydrogens is 112 g/mol. The summed E-state index contributed by atoms with van der Waals surface area (Å²) in [5, 5.41) is 8.50. The van der Waals surface area contributed by atoms with E-state index in [-0.39, 0.29) is 0 Å². The van der Waals surface area contributed by atoms with Crippen molar-refractivity contribution in [3.05, 3.63) is 12.2 Å². The van der Waals surface area contributed by atoms with Gasteiger partial charge in [0.2, 0.25) is 0 Å². The number of allylic oxidation sites excluding steroid dienone is 2. The summed E-state index contributed by atoms with van der Waals surface area (Å²) in [7, 11) is 0. The maximum atomic E-state index is 8.50. The lowest BCUT2D eigenvalue weighted by Crippen LogP contribution is -1.92. The van der Waals surface area contributed by atoms with Crippen LogP contribution in [0, 0.1) is 5.92 Å². The van der Waals surface area contributed by atoms with E-state index in [1.807, 2.05) is 0 Å². The van der Waals surface area contributed by atoms with E-state index in [2.05, 4.69) is 26.0 Å². The highest BCUT2D eigenvalue weighted by atomic mass is 16.2. The number of hydrogen-bond donors (Lipinski definition) is 1. The molecule has 0 aliphatic rings. The molecule has 0 heterocycles. The lowest BCUT2D eigenvalue weighted by molar-refractivity contribution is 0.274. The average molecular weight is 128 g/mol. The molecule has 0 rings (SSSR count). The Labute approximate surface area is 57.4 Å². The van der Waals surface area contributed by atoms with Crippen molar-refractivity contribution >= 4 is 0 Å². The topological polar surface area (TPSA) is 20.2 Å². The first kappa shape index (κ1) is 8.70. The molecule has 0 saturated heterocycles. The van der Waals surface area contributed by atoms with Gasteiger partial charge in [0.25, 0.3) is 0 Å². The molecule has 0 radical (unpaired) electrons. The van der Waals surface area contributed by atoms with Gasteiger partial charge in [-0.15, -0.1) is 0 Å². The van der Waals surface area contributed by atoms with E-state index >= 15 is 0 Å². The van der Waals surface area contributed by atoms with E-state index in [4.69, 9.17) is 5.11 Å². The Kier molecular flexibility index (Phi) is 5.64. The smallest absolute Gasteiger partial charge is 0.0436 e. The molecule has 0 amide bonds. The average Bonchev–Trinajstić information content (AvgIpc) is 1.85. The number of aliphatic hydroxyl groups excluding tert-OH is 1. The van der Waals surface area contributed by atoms with Crippen LogP contribution in [0.4, 0.5) is 0 Å². The third kappa shape index (κ3) is 5.57. The second kappa shape index (κ2) is 5.83. The minimum Gasteiger partial charge on any atom is -0.396 e. The van der Waals surface area contributed by atoms with Crippen molar-refractivity contribution in [3.63, 3.8) is 0 Å². The SMILES string of the molecule is CC/C=C/C(C)CCO. The summed E-state index contributed by atoms with van der Waals surface area (Å²) in [4.78, 5) is 0. The molecule has 9 heavy (non-hydrogen) atoms. The Morgan fingerprint density at radius 2 is 2.22 bits per heavy atom. The Balaban J connectivity index is 3.25. The van der Waals surface area contributed by atoms with Gasteiger partial charge in [0, 0.05) is 6.61 Å². The molecule has 0 aliphatic heterocycles. The minimum absolute atomic E-state index is 0.301. The van der Waals surface area contributed by atoms with Gasteiger partial charge in [-0.1, -0.05) is 26.0 Å². The second-order valence-corrected chi connectivity index (χ2v) is 2.33. The Morgan fingerprint density at radius 1 is 1.56 bits per heavy atom. The van der Waals surface area contributed by atoms with Crippen LogP contribution in [0.3, 0.4) is 0 Å². The zero-order chi connectivity index (χ0) is 7.11. The molecule has 1 unspecified atom stereocenters. The van der Waals surface area contributed by atoms with Crippen molar-refractivity contribution in [1.29, 1.82) is 0 Å². The first-order chi connectivity index (χ1) is 4.31. The summed E-state index contributed by atoms with van der Waals surface area (Å²) >= 11 is 0. The molecule has 0 saturated carbocycles. The summed E-state index contributed by atoms with van der Waals surface area (Å²) in [6, 6.07) is 0. The molecule has 0 aromatic heterocycles. The van der Waals surface area contributed by atoms with Crippen molar-refractivity contribution in [2.45, 2.75) is 26.7 Å². The highest BCUT2D eigenvalue weighted by Crippen LogP contribution is 2.02. The molecule has 0 aromatic rings. The van der Waals surface area contributed by atoms with Gasteiger partial charge < -0.3 is 5.11 Å². The highest BCUT2D eigenvalue weighted by molar-refractivity contribution is 4.84. The van der Waals surface area contributed by atoms with Crippen molar-refractivity contribution in [2.75, 3.05) is 6.61 Å². The quantitative estimate of drug-likeness (QED) is 0.574. The molecule has 0 bridgehead atoms. The fraction of sp³-hybridized carbons (Fsp3) is 0.750. The van der Waals surface area contributed by atoms with Crippen LogP contribution >= 0.6 is 0 Å². The van der Waals surface area contributed by atoms with E-state index in [1.165, 1.54) is 0 Å². The fourth-order valence-electron chi connectivity index (χ4n) is 0.668. The molecule has 54 valence electrons. The Bertz CT molecular complexity index is 76.6. The van der Waals surface area contributed by atoms with Crippen LogP contribution in [0.25, 0.3) is 0 Å². The third-order valence-corrected chi connectivity index (χ3v) is 1.28. The van der Waals surface area contributed by atoms with Gasteiger partial charge in [0.15, 0.2) is 0 Å². The van der Waals surface area contributed by atoms with Crippen LogP contribution in [0.2, 0.25) is 0 Å². The normalized spacial score (nSPS) is 14.6. The number of aliphatic hydroxyl groups is 1. The predicted octanol–water partition coefficient (Wildman–Crippen LogP) is 1.97. The molecule has 1 heteroatoms. The van der Waals surface area contributed by atoms with Crippen LogP contribution in [0.5, 0.6) is 0 Å². The van der Waals surface area contributed by atoms with Crippen molar-refractivity contribution in [3.8, 4) is 0 Å². The zero-order valence-electron chi connectivity index (χ0n) is 6.30. The molecule has 0 fully saturated rings.